The van der Waals surface area contributed by atoms with Crippen molar-refractivity contribution in [1.82, 2.24) is 9.97 Å². The summed E-state index contributed by atoms with van der Waals surface area (Å²) in [6.07, 6.45) is 1.99. The first-order valence-electron chi connectivity index (χ1n) is 6.59. The third-order valence-corrected chi connectivity index (χ3v) is 4.93. The van der Waals surface area contributed by atoms with Crippen LogP contribution in [-0.2, 0) is 6.42 Å². The first-order chi connectivity index (χ1) is 8.29. The summed E-state index contributed by atoms with van der Waals surface area (Å²) < 4.78 is 0.861. The molecule has 0 bridgehead atoms. The van der Waals surface area contributed by atoms with Crippen LogP contribution in [0.15, 0.2) is 10.7 Å². The van der Waals surface area contributed by atoms with E-state index in [1.54, 1.807) is 0 Å². The molecule has 1 aromatic heterocycles. The average Bonchev–Trinajstić information content (AvgIpc) is 2.60. The Morgan fingerprint density at radius 1 is 1.22 bits per heavy atom. The lowest BCUT2D eigenvalue weighted by Crippen LogP contribution is -2.12. The molecule has 0 radical (unpaired) electrons. The van der Waals surface area contributed by atoms with Crippen molar-refractivity contribution in [2.75, 3.05) is 5.32 Å². The number of anilines is 1. The number of aromatic nitrogens is 2. The Bertz CT molecular complexity index is 440. The zero-order valence-electron chi connectivity index (χ0n) is 11.8. The van der Waals surface area contributed by atoms with E-state index < -0.39 is 0 Å². The smallest absolute Gasteiger partial charge is 0.132 e. The summed E-state index contributed by atoms with van der Waals surface area (Å²) in [5, 5.41) is 3.55. The molecule has 0 aromatic carbocycles. The highest BCUT2D eigenvalue weighted by atomic mass is 79.9. The van der Waals surface area contributed by atoms with Gasteiger partial charge in [0.05, 0.1) is 0 Å². The first-order valence-corrected chi connectivity index (χ1v) is 7.38. The van der Waals surface area contributed by atoms with E-state index in [4.69, 9.17) is 0 Å². The van der Waals surface area contributed by atoms with Crippen LogP contribution in [0.4, 0.5) is 5.82 Å². The molecular formula is C14H22BrN3. The standard InChI is InChI=1S/C14H22BrN3/c1-6-7-10-16-9(15)8-11(17-10)18-12-13(2,3)14(12,4)5/h8,12H,6-7H2,1-5H3,(H,16,17,18). The summed E-state index contributed by atoms with van der Waals surface area (Å²) in [6, 6.07) is 2.44. The van der Waals surface area contributed by atoms with Gasteiger partial charge in [-0.05, 0) is 33.2 Å². The quantitative estimate of drug-likeness (QED) is 0.853. The van der Waals surface area contributed by atoms with Gasteiger partial charge in [-0.15, -0.1) is 0 Å². The number of nitrogens with one attached hydrogen (secondary N) is 1. The average molecular weight is 312 g/mol. The lowest BCUT2D eigenvalue weighted by Gasteiger charge is -2.09. The lowest BCUT2D eigenvalue weighted by molar-refractivity contribution is 0.457. The van der Waals surface area contributed by atoms with Crippen molar-refractivity contribution < 1.29 is 0 Å². The van der Waals surface area contributed by atoms with E-state index in [2.05, 4.69) is 65.8 Å². The fourth-order valence-electron chi connectivity index (χ4n) is 2.58. The lowest BCUT2D eigenvalue weighted by atomic mass is 10.0. The van der Waals surface area contributed by atoms with E-state index in [9.17, 15) is 0 Å². The molecule has 1 heterocycles. The molecule has 1 aliphatic carbocycles. The molecule has 100 valence electrons. The zero-order valence-corrected chi connectivity index (χ0v) is 13.4. The minimum atomic E-state index is 0.315. The fraction of sp³-hybridized carbons (Fsp3) is 0.714. The highest BCUT2D eigenvalue weighted by Gasteiger charge is 2.65. The van der Waals surface area contributed by atoms with E-state index in [-0.39, 0.29) is 0 Å². The van der Waals surface area contributed by atoms with Gasteiger partial charge in [-0.25, -0.2) is 9.97 Å². The van der Waals surface area contributed by atoms with Crippen molar-refractivity contribution >= 4 is 21.7 Å². The molecule has 0 amide bonds. The van der Waals surface area contributed by atoms with E-state index >= 15 is 0 Å². The Kier molecular flexibility index (Phi) is 3.43. The van der Waals surface area contributed by atoms with Crippen molar-refractivity contribution in [3.8, 4) is 0 Å². The summed E-state index contributed by atoms with van der Waals surface area (Å²) in [4.78, 5) is 8.97. The highest BCUT2D eigenvalue weighted by molar-refractivity contribution is 9.10. The molecule has 3 nitrogen and oxygen atoms in total. The van der Waals surface area contributed by atoms with Crippen molar-refractivity contribution in [3.05, 3.63) is 16.5 Å². The Labute approximate surface area is 118 Å². The maximum absolute atomic E-state index is 4.58. The molecule has 2 rings (SSSR count). The summed E-state index contributed by atoms with van der Waals surface area (Å²) in [5.74, 6) is 1.84. The van der Waals surface area contributed by atoms with Gasteiger partial charge < -0.3 is 5.32 Å². The second-order valence-electron chi connectivity index (χ2n) is 6.26. The van der Waals surface area contributed by atoms with Gasteiger partial charge in [-0.1, -0.05) is 34.6 Å². The summed E-state index contributed by atoms with van der Waals surface area (Å²) in [6.45, 7) is 11.3. The van der Waals surface area contributed by atoms with Gasteiger partial charge in [-0.3, -0.25) is 0 Å². The van der Waals surface area contributed by atoms with Crippen molar-refractivity contribution in [2.45, 2.75) is 53.5 Å². The second kappa shape index (κ2) is 4.48. The van der Waals surface area contributed by atoms with Gasteiger partial charge in [0.15, 0.2) is 0 Å². The molecule has 18 heavy (non-hydrogen) atoms. The van der Waals surface area contributed by atoms with Crippen LogP contribution in [0.25, 0.3) is 0 Å². The van der Waals surface area contributed by atoms with Crippen LogP contribution in [0, 0.1) is 10.8 Å². The molecule has 0 aliphatic heterocycles. The van der Waals surface area contributed by atoms with Crippen LogP contribution in [0.5, 0.6) is 0 Å². The molecule has 0 unspecified atom stereocenters. The monoisotopic (exact) mass is 311 g/mol. The van der Waals surface area contributed by atoms with E-state index in [0.29, 0.717) is 16.9 Å². The van der Waals surface area contributed by atoms with Crippen LogP contribution < -0.4 is 5.32 Å². The molecule has 0 saturated heterocycles. The van der Waals surface area contributed by atoms with Crippen LogP contribution in [0.3, 0.4) is 0 Å². The summed E-state index contributed by atoms with van der Waals surface area (Å²) >= 11 is 3.46. The van der Waals surface area contributed by atoms with Gasteiger partial charge in [0.2, 0.25) is 0 Å². The fourth-order valence-corrected chi connectivity index (χ4v) is 3.00. The topological polar surface area (TPSA) is 37.8 Å². The highest BCUT2D eigenvalue weighted by Crippen LogP contribution is 2.63. The van der Waals surface area contributed by atoms with Gasteiger partial charge in [0.1, 0.15) is 16.2 Å². The van der Waals surface area contributed by atoms with Crippen molar-refractivity contribution in [1.29, 1.82) is 0 Å². The maximum Gasteiger partial charge on any atom is 0.132 e. The molecule has 0 atom stereocenters. The number of nitrogens with zero attached hydrogens (tertiary/aromatic N) is 2. The van der Waals surface area contributed by atoms with E-state index in [1.807, 2.05) is 6.07 Å². The summed E-state index contributed by atoms with van der Waals surface area (Å²) in [5.41, 5.74) is 0.630. The Balaban J connectivity index is 2.16. The molecular weight excluding hydrogens is 290 g/mol. The number of halogens is 1. The van der Waals surface area contributed by atoms with Gasteiger partial charge >= 0.3 is 0 Å². The molecule has 4 heteroatoms. The molecule has 1 fully saturated rings. The number of rotatable bonds is 4. The Morgan fingerprint density at radius 2 is 1.83 bits per heavy atom. The van der Waals surface area contributed by atoms with Gasteiger partial charge in [0, 0.05) is 18.5 Å². The normalized spacial score (nSPS) is 20.8. The maximum atomic E-state index is 4.58. The number of hydrogen-bond donors (Lipinski definition) is 1. The van der Waals surface area contributed by atoms with Crippen LogP contribution in [-0.4, -0.2) is 16.0 Å². The molecule has 1 saturated carbocycles. The van der Waals surface area contributed by atoms with Gasteiger partial charge in [0.25, 0.3) is 0 Å². The van der Waals surface area contributed by atoms with Crippen molar-refractivity contribution in [3.63, 3.8) is 0 Å². The third kappa shape index (κ3) is 2.27. The third-order valence-electron chi connectivity index (χ3n) is 4.53. The van der Waals surface area contributed by atoms with Crippen LogP contribution >= 0.6 is 15.9 Å². The summed E-state index contributed by atoms with van der Waals surface area (Å²) in [7, 11) is 0. The second-order valence-corrected chi connectivity index (χ2v) is 7.08. The molecule has 0 spiro atoms. The van der Waals surface area contributed by atoms with E-state index in [0.717, 1.165) is 29.1 Å². The van der Waals surface area contributed by atoms with Crippen LogP contribution in [0.1, 0.15) is 46.9 Å². The Morgan fingerprint density at radius 3 is 2.33 bits per heavy atom. The largest absolute Gasteiger partial charge is 0.366 e. The molecule has 1 aromatic rings. The minimum absolute atomic E-state index is 0.315. The van der Waals surface area contributed by atoms with Crippen LogP contribution in [0.2, 0.25) is 0 Å². The minimum Gasteiger partial charge on any atom is -0.366 e. The van der Waals surface area contributed by atoms with E-state index in [1.165, 1.54) is 0 Å². The Hall–Kier alpha value is -0.640. The predicted octanol–water partition coefficient (Wildman–Crippen LogP) is 4.04. The molecule has 1 N–H and O–H groups in total. The number of aryl methyl sites for hydroxylation is 1. The first kappa shape index (κ1) is 13.8. The number of hydrogen-bond acceptors (Lipinski definition) is 3. The zero-order chi connectivity index (χ0) is 13.6. The predicted molar refractivity (Wildman–Crippen MR) is 78.7 cm³/mol. The van der Waals surface area contributed by atoms with Crippen molar-refractivity contribution in [2.24, 2.45) is 10.8 Å². The van der Waals surface area contributed by atoms with Gasteiger partial charge in [-0.2, -0.15) is 0 Å². The molecule has 1 aliphatic rings. The SMILES string of the molecule is CCCc1nc(Br)cc(NC2C(C)(C)C2(C)C)n1.